The number of hydrogen-bond acceptors (Lipinski definition) is 16. The van der Waals surface area contributed by atoms with E-state index in [1.54, 1.807) is 9.80 Å². The standard InChI is InChI=1S/C68H46N6O2S10/c1-7-73-63(75)49(81-65(73)77)29-37-17-27-43(55-53(37)69-85-71-55)47-31-45-57(79-47)59-51(67(45,39-19-9-33(3)10-20-39)40-21-11-34(4)12-22-40)61-62(83-59)52-60(84-61)58-46(68(52,41-23-13-35(5)14-24-41)42-25-15-36(6)16-26-42)32-48(80-58)44-28-18-38(54-56(44)72-86-70-54)30-50-64(76)74(8-2)66(78)82-50/h9-32H,7-8H2,1-6H3/b49-29-,50-30-. The average Bonchev–Trinajstić information content (AvgIpc) is 1.51. The topological polar surface area (TPSA) is 92.2 Å². The molecule has 2 amide bonds. The molecule has 0 spiro atoms. The second-order valence-electron chi connectivity index (χ2n) is 22.1. The summed E-state index contributed by atoms with van der Waals surface area (Å²) in [4.78, 5) is 38.7. The predicted octanol–water partition coefficient (Wildman–Crippen LogP) is 18.8. The summed E-state index contributed by atoms with van der Waals surface area (Å²) in [7, 11) is 0. The van der Waals surface area contributed by atoms with Gasteiger partial charge in [-0.15, -0.1) is 45.3 Å². The van der Waals surface area contributed by atoms with Crippen LogP contribution >= 0.6 is 117 Å². The van der Waals surface area contributed by atoms with Gasteiger partial charge in [0.25, 0.3) is 11.8 Å². The number of aryl methyl sites for hydroxylation is 4. The number of carbonyl (C=O) groups excluding carboxylic acids is 2. The molecule has 0 N–H and O–H groups in total. The molecule has 8 heterocycles. The van der Waals surface area contributed by atoms with Crippen molar-refractivity contribution in [2.24, 2.45) is 0 Å². The molecule has 2 aliphatic carbocycles. The van der Waals surface area contributed by atoms with Crippen LogP contribution < -0.4 is 0 Å². The third-order valence-electron chi connectivity index (χ3n) is 17.3. The molecule has 86 heavy (non-hydrogen) atoms. The van der Waals surface area contributed by atoms with Crippen LogP contribution in [0.1, 0.15) is 91.7 Å². The van der Waals surface area contributed by atoms with E-state index < -0.39 is 10.8 Å². The van der Waals surface area contributed by atoms with Crippen LogP contribution in [0.5, 0.6) is 0 Å². The van der Waals surface area contributed by atoms with Gasteiger partial charge in [0.05, 0.1) is 73.0 Å². The van der Waals surface area contributed by atoms with E-state index in [2.05, 4.69) is 161 Å². The van der Waals surface area contributed by atoms with Crippen molar-refractivity contribution in [2.75, 3.05) is 13.1 Å². The third-order valence-corrected chi connectivity index (χ3v) is 26.3. The van der Waals surface area contributed by atoms with E-state index in [1.165, 1.54) is 143 Å². The lowest BCUT2D eigenvalue weighted by atomic mass is 9.67. The summed E-state index contributed by atoms with van der Waals surface area (Å²) in [6.07, 6.45) is 3.86. The number of rotatable bonds is 10. The molecule has 0 radical (unpaired) electrons. The minimum Gasteiger partial charge on any atom is -0.293 e. The van der Waals surface area contributed by atoms with Gasteiger partial charge >= 0.3 is 0 Å². The number of thioether (sulfide) groups is 2. The van der Waals surface area contributed by atoms with Gasteiger partial charge in [-0.1, -0.05) is 192 Å². The fraction of sp³-hybridized carbons (Fsp3) is 0.147. The largest absolute Gasteiger partial charge is 0.293 e. The first-order chi connectivity index (χ1) is 41.8. The van der Waals surface area contributed by atoms with E-state index >= 15 is 0 Å². The fourth-order valence-electron chi connectivity index (χ4n) is 13.1. The second-order valence-corrected chi connectivity index (χ2v) is 30.7. The molecule has 0 saturated carbocycles. The van der Waals surface area contributed by atoms with Gasteiger partial charge in [-0.3, -0.25) is 19.4 Å². The Morgan fingerprint density at radius 1 is 0.442 bits per heavy atom. The molecule has 0 unspecified atom stereocenters. The minimum absolute atomic E-state index is 0.0754. The van der Waals surface area contributed by atoms with E-state index in [-0.39, 0.29) is 11.8 Å². The fourth-order valence-corrected chi connectivity index (χ4v) is 22.9. The van der Waals surface area contributed by atoms with Crippen LogP contribution in [0.15, 0.2) is 143 Å². The highest BCUT2D eigenvalue weighted by atomic mass is 32.2. The number of carbonyl (C=O) groups is 2. The summed E-state index contributed by atoms with van der Waals surface area (Å²) in [5, 5.41) is 0. The van der Waals surface area contributed by atoms with E-state index in [0.717, 1.165) is 54.1 Å². The number of likely N-dealkylation sites (N-methyl/N-ethyl adjacent to an activating group) is 2. The zero-order chi connectivity index (χ0) is 58.7. The van der Waals surface area contributed by atoms with Crippen molar-refractivity contribution < 1.29 is 9.59 Å². The monoisotopic (exact) mass is 1300 g/mol. The Kier molecular flexibility index (Phi) is 13.0. The Morgan fingerprint density at radius 3 is 1.10 bits per heavy atom. The summed E-state index contributed by atoms with van der Waals surface area (Å²) in [5.41, 5.74) is 20.3. The van der Waals surface area contributed by atoms with E-state index in [1.807, 2.05) is 71.3 Å². The van der Waals surface area contributed by atoms with Crippen molar-refractivity contribution in [2.45, 2.75) is 52.4 Å². The van der Waals surface area contributed by atoms with Crippen LogP contribution in [-0.2, 0) is 20.4 Å². The van der Waals surface area contributed by atoms with Crippen molar-refractivity contribution in [1.29, 1.82) is 0 Å². The molecule has 2 aliphatic heterocycles. The van der Waals surface area contributed by atoms with Crippen molar-refractivity contribution in [3.05, 3.63) is 221 Å². The zero-order valence-corrected chi connectivity index (χ0v) is 55.0. The summed E-state index contributed by atoms with van der Waals surface area (Å²) < 4.78 is 23.5. The van der Waals surface area contributed by atoms with Crippen molar-refractivity contribution in [3.8, 4) is 40.4 Å². The molecule has 12 aromatic rings. The summed E-state index contributed by atoms with van der Waals surface area (Å²) >= 11 is 23.9. The molecule has 420 valence electrons. The number of thiophene rings is 4. The molecular weight excluding hydrogens is 1250 g/mol. The maximum absolute atomic E-state index is 13.5. The highest BCUT2D eigenvalue weighted by molar-refractivity contribution is 8.27. The SMILES string of the molecule is CCN1C(=O)/C(=C/c2ccc(-c3cc4c(s3)-c3sc5c6c(sc5c3C4(c3ccc(C)cc3)c3ccc(C)cc3)-c3sc(-c4ccc(/C=C5\SC(=S)N(CC)C5=O)c5nsnc45)cc3C6(c3ccc(C)cc3)c3ccc(C)cc3)c3nsnc23)SC1=S. The average molecular weight is 1300 g/mol. The lowest BCUT2D eigenvalue weighted by Crippen LogP contribution is -2.28. The predicted molar refractivity (Wildman–Crippen MR) is 373 cm³/mol. The van der Waals surface area contributed by atoms with Crippen molar-refractivity contribution in [1.82, 2.24) is 27.3 Å². The lowest BCUT2D eigenvalue weighted by Gasteiger charge is -2.34. The van der Waals surface area contributed by atoms with Gasteiger partial charge in [-0.05, 0) is 99.2 Å². The Hall–Kier alpha value is -6.68. The van der Waals surface area contributed by atoms with Gasteiger partial charge in [0.1, 0.15) is 30.7 Å². The Balaban J connectivity index is 0.947. The first-order valence-corrected chi connectivity index (χ1v) is 35.2. The number of amides is 2. The molecule has 16 rings (SSSR count). The summed E-state index contributed by atoms with van der Waals surface area (Å²) in [6, 6.07) is 50.4. The van der Waals surface area contributed by atoms with Gasteiger partial charge in [0.2, 0.25) is 0 Å². The molecule has 6 aromatic carbocycles. The van der Waals surface area contributed by atoms with Gasteiger partial charge in [0.15, 0.2) is 0 Å². The highest BCUT2D eigenvalue weighted by Gasteiger charge is 2.55. The van der Waals surface area contributed by atoms with Gasteiger partial charge in [0, 0.05) is 56.2 Å². The van der Waals surface area contributed by atoms with Gasteiger partial charge in [-0.2, -0.15) is 17.5 Å². The smallest absolute Gasteiger partial charge is 0.266 e. The lowest BCUT2D eigenvalue weighted by molar-refractivity contribution is -0.122. The number of fused-ring (bicyclic) bond motifs is 11. The van der Waals surface area contributed by atoms with Crippen LogP contribution in [0.3, 0.4) is 0 Å². The number of nitrogens with zero attached hydrogens (tertiary/aromatic N) is 6. The molecule has 18 heteroatoms. The van der Waals surface area contributed by atoms with Crippen LogP contribution in [-0.4, -0.2) is 60.8 Å². The van der Waals surface area contributed by atoms with Crippen LogP contribution in [0.4, 0.5) is 0 Å². The molecule has 6 aromatic heterocycles. The molecule has 0 atom stereocenters. The number of hydrogen-bond donors (Lipinski definition) is 0. The number of aromatic nitrogens is 4. The molecule has 8 nitrogen and oxygen atoms in total. The maximum atomic E-state index is 13.5. The Bertz CT molecular complexity index is 4590. The van der Waals surface area contributed by atoms with Crippen LogP contribution in [0.2, 0.25) is 0 Å². The summed E-state index contributed by atoms with van der Waals surface area (Å²) in [5.74, 6) is -0.151. The molecule has 4 aliphatic rings. The van der Waals surface area contributed by atoms with Gasteiger partial charge in [-0.25, -0.2) is 0 Å². The van der Waals surface area contributed by atoms with Gasteiger partial charge < -0.3 is 0 Å². The molecule has 2 fully saturated rings. The normalized spacial score (nSPS) is 16.8. The zero-order valence-electron chi connectivity index (χ0n) is 46.9. The quantitative estimate of drug-likeness (QED) is 0.0974. The van der Waals surface area contributed by atoms with Crippen molar-refractivity contribution >= 4 is 181 Å². The van der Waals surface area contributed by atoms with E-state index in [4.69, 9.17) is 41.9 Å². The van der Waals surface area contributed by atoms with E-state index in [0.29, 0.717) is 31.5 Å². The highest BCUT2D eigenvalue weighted by Crippen LogP contribution is 2.71. The second kappa shape index (κ2) is 20.4. The third kappa shape index (κ3) is 7.86. The van der Waals surface area contributed by atoms with E-state index in [9.17, 15) is 9.59 Å². The van der Waals surface area contributed by atoms with Crippen LogP contribution in [0.25, 0.3) is 84.0 Å². The Labute approximate surface area is 539 Å². The minimum atomic E-state index is -0.702. The molecule has 0 bridgehead atoms. The summed E-state index contributed by atoms with van der Waals surface area (Å²) in [6.45, 7) is 13.6. The molecule has 2 saturated heterocycles. The van der Waals surface area contributed by atoms with Crippen LogP contribution in [0, 0.1) is 27.7 Å². The Morgan fingerprint density at radius 2 is 0.779 bits per heavy atom. The number of benzene rings is 6. The number of thiocarbonyl (C=S) groups is 2. The first-order valence-electron chi connectivity index (χ1n) is 28.0. The first kappa shape index (κ1) is 54.7. The van der Waals surface area contributed by atoms with Crippen molar-refractivity contribution in [3.63, 3.8) is 0 Å². The molecular formula is C68H46N6O2S10. The maximum Gasteiger partial charge on any atom is 0.266 e.